The van der Waals surface area contributed by atoms with Crippen molar-refractivity contribution in [1.82, 2.24) is 0 Å². The van der Waals surface area contributed by atoms with Gasteiger partial charge in [-0.3, -0.25) is 4.79 Å². The van der Waals surface area contributed by atoms with E-state index in [-0.39, 0.29) is 0 Å². The van der Waals surface area contributed by atoms with Crippen LogP contribution in [0.25, 0.3) is 0 Å². The van der Waals surface area contributed by atoms with Crippen molar-refractivity contribution in [3.63, 3.8) is 0 Å². The first kappa shape index (κ1) is 12.3. The summed E-state index contributed by atoms with van der Waals surface area (Å²) < 4.78 is 0.937. The molecule has 2 nitrogen and oxygen atoms in total. The van der Waals surface area contributed by atoms with E-state index < -0.39 is 0 Å². The first-order valence-electron chi connectivity index (χ1n) is 6.45. The van der Waals surface area contributed by atoms with Crippen LogP contribution >= 0.6 is 0 Å². The molecule has 2 unspecified atom stereocenters. The van der Waals surface area contributed by atoms with Crippen LogP contribution in [0.3, 0.4) is 0 Å². The molecule has 1 aliphatic heterocycles. The first-order chi connectivity index (χ1) is 8.05. The molecule has 0 N–H and O–H groups in total. The Bertz CT molecular complexity index is 397. The molecule has 0 radical (unpaired) electrons. The second-order valence-corrected chi connectivity index (χ2v) is 5.56. The first-order valence-corrected chi connectivity index (χ1v) is 6.45. The maximum Gasteiger partial charge on any atom is 0.145 e. The molecule has 0 spiro atoms. The molecule has 1 aliphatic rings. The SMILES string of the molecule is CCC1CC(=O)CC(c2ccccc2)[N+]1(C)C. The maximum absolute atomic E-state index is 11.9. The second kappa shape index (κ2) is 4.61. The van der Waals surface area contributed by atoms with E-state index in [1.807, 2.05) is 6.07 Å². The third kappa shape index (κ3) is 2.27. The highest BCUT2D eigenvalue weighted by atomic mass is 16.1. The van der Waals surface area contributed by atoms with E-state index >= 15 is 0 Å². The van der Waals surface area contributed by atoms with Crippen LogP contribution in [-0.2, 0) is 4.79 Å². The number of hydrogen-bond acceptors (Lipinski definition) is 1. The van der Waals surface area contributed by atoms with Gasteiger partial charge in [0.1, 0.15) is 11.8 Å². The number of ketones is 1. The lowest BCUT2D eigenvalue weighted by molar-refractivity contribution is -0.946. The molecule has 2 atom stereocenters. The molecule has 0 bridgehead atoms. The van der Waals surface area contributed by atoms with Gasteiger partial charge in [0.05, 0.1) is 33.0 Å². The Labute approximate surface area is 104 Å². The van der Waals surface area contributed by atoms with Crippen molar-refractivity contribution in [1.29, 1.82) is 0 Å². The number of hydrogen-bond donors (Lipinski definition) is 0. The second-order valence-electron chi connectivity index (χ2n) is 5.56. The monoisotopic (exact) mass is 232 g/mol. The summed E-state index contributed by atoms with van der Waals surface area (Å²) in [5, 5.41) is 0. The number of benzene rings is 1. The number of rotatable bonds is 2. The van der Waals surface area contributed by atoms with Crippen LogP contribution in [0.1, 0.15) is 37.8 Å². The lowest BCUT2D eigenvalue weighted by Gasteiger charge is -2.47. The number of carbonyl (C=O) groups is 1. The highest BCUT2D eigenvalue weighted by molar-refractivity contribution is 5.80. The molecule has 0 aliphatic carbocycles. The van der Waals surface area contributed by atoms with E-state index in [0.29, 0.717) is 24.3 Å². The Morgan fingerprint density at radius 3 is 2.41 bits per heavy atom. The molecule has 2 rings (SSSR count). The third-order valence-corrected chi connectivity index (χ3v) is 4.28. The molecule has 0 aromatic heterocycles. The molecule has 1 fully saturated rings. The molecule has 0 saturated carbocycles. The van der Waals surface area contributed by atoms with Gasteiger partial charge in [-0.1, -0.05) is 37.3 Å². The number of likely N-dealkylation sites (tertiary alicyclic amines) is 1. The molecule has 92 valence electrons. The van der Waals surface area contributed by atoms with Crippen LogP contribution in [0.2, 0.25) is 0 Å². The van der Waals surface area contributed by atoms with Crippen molar-refractivity contribution >= 4 is 5.78 Å². The van der Waals surface area contributed by atoms with Gasteiger partial charge in [0, 0.05) is 5.56 Å². The molecular weight excluding hydrogens is 210 g/mol. The summed E-state index contributed by atoms with van der Waals surface area (Å²) >= 11 is 0. The van der Waals surface area contributed by atoms with Crippen molar-refractivity contribution in [2.45, 2.75) is 38.3 Å². The molecule has 1 aromatic carbocycles. The van der Waals surface area contributed by atoms with E-state index in [2.05, 4.69) is 45.3 Å². The quantitative estimate of drug-likeness (QED) is 0.716. The maximum atomic E-state index is 11.9. The summed E-state index contributed by atoms with van der Waals surface area (Å²) in [5.74, 6) is 0.420. The summed E-state index contributed by atoms with van der Waals surface area (Å²) in [7, 11) is 4.52. The van der Waals surface area contributed by atoms with Crippen LogP contribution in [0.15, 0.2) is 30.3 Å². The van der Waals surface area contributed by atoms with E-state index in [4.69, 9.17) is 0 Å². The van der Waals surface area contributed by atoms with Crippen LogP contribution in [-0.4, -0.2) is 30.4 Å². The van der Waals surface area contributed by atoms with Gasteiger partial charge in [-0.2, -0.15) is 0 Å². The largest absolute Gasteiger partial charge is 0.319 e. The van der Waals surface area contributed by atoms with Gasteiger partial charge in [-0.25, -0.2) is 0 Å². The fourth-order valence-corrected chi connectivity index (χ4v) is 3.08. The average molecular weight is 232 g/mol. The van der Waals surface area contributed by atoms with Crippen molar-refractivity contribution in [3.05, 3.63) is 35.9 Å². The van der Waals surface area contributed by atoms with Gasteiger partial charge in [0.25, 0.3) is 0 Å². The molecule has 0 amide bonds. The summed E-state index contributed by atoms with van der Waals surface area (Å²) in [6, 6.07) is 11.2. The number of Topliss-reactive ketones (excluding diaryl/α,β-unsaturated/α-hetero) is 1. The van der Waals surface area contributed by atoms with Crippen LogP contribution in [0.4, 0.5) is 0 Å². The Hall–Kier alpha value is -1.15. The standard InChI is InChI=1S/C15H22NO/c1-4-13-10-14(17)11-15(16(13,2)3)12-8-6-5-7-9-12/h5-9,13,15H,4,10-11H2,1-3H3/q+1. The molecule has 1 heterocycles. The lowest BCUT2D eigenvalue weighted by atomic mass is 9.87. The predicted octanol–water partition coefficient (Wildman–Crippen LogP) is 2.95. The Morgan fingerprint density at radius 1 is 1.18 bits per heavy atom. The minimum atomic E-state index is 0.322. The van der Waals surface area contributed by atoms with Crippen LogP contribution in [0.5, 0.6) is 0 Å². The van der Waals surface area contributed by atoms with E-state index in [1.165, 1.54) is 5.56 Å². The highest BCUT2D eigenvalue weighted by Crippen LogP contribution is 2.37. The summed E-state index contributed by atoms with van der Waals surface area (Å²) in [4.78, 5) is 11.9. The fourth-order valence-electron chi connectivity index (χ4n) is 3.08. The fraction of sp³-hybridized carbons (Fsp3) is 0.533. The number of quaternary nitrogens is 1. The van der Waals surface area contributed by atoms with Crippen molar-refractivity contribution in [2.24, 2.45) is 0 Å². The number of carbonyl (C=O) groups excluding carboxylic acids is 1. The smallest absolute Gasteiger partial charge is 0.145 e. The molecular formula is C15H22NO+. The normalized spacial score (nSPS) is 28.1. The van der Waals surface area contributed by atoms with Crippen molar-refractivity contribution in [2.75, 3.05) is 14.1 Å². The summed E-state index contributed by atoms with van der Waals surface area (Å²) in [5.41, 5.74) is 1.30. The van der Waals surface area contributed by atoms with Gasteiger partial charge in [-0.05, 0) is 6.42 Å². The van der Waals surface area contributed by atoms with E-state index in [9.17, 15) is 4.79 Å². The van der Waals surface area contributed by atoms with Crippen LogP contribution in [0, 0.1) is 0 Å². The predicted molar refractivity (Wildman–Crippen MR) is 69.6 cm³/mol. The highest BCUT2D eigenvalue weighted by Gasteiger charge is 2.42. The van der Waals surface area contributed by atoms with Crippen LogP contribution < -0.4 is 0 Å². The van der Waals surface area contributed by atoms with Gasteiger partial charge < -0.3 is 4.48 Å². The average Bonchev–Trinajstić information content (AvgIpc) is 2.32. The topological polar surface area (TPSA) is 17.1 Å². The Balaban J connectivity index is 2.34. The zero-order valence-corrected chi connectivity index (χ0v) is 11.0. The zero-order valence-electron chi connectivity index (χ0n) is 11.0. The van der Waals surface area contributed by atoms with Gasteiger partial charge in [-0.15, -0.1) is 0 Å². The lowest BCUT2D eigenvalue weighted by Crippen LogP contribution is -2.55. The van der Waals surface area contributed by atoms with E-state index in [0.717, 1.165) is 17.3 Å². The van der Waals surface area contributed by atoms with Gasteiger partial charge in [0.2, 0.25) is 0 Å². The number of nitrogens with zero attached hydrogens (tertiary/aromatic N) is 1. The zero-order chi connectivity index (χ0) is 12.5. The Kier molecular flexibility index (Phi) is 3.34. The molecule has 17 heavy (non-hydrogen) atoms. The summed E-state index contributed by atoms with van der Waals surface area (Å²) in [6.07, 6.45) is 2.50. The third-order valence-electron chi connectivity index (χ3n) is 4.28. The molecule has 1 saturated heterocycles. The van der Waals surface area contributed by atoms with Gasteiger partial charge >= 0.3 is 0 Å². The number of piperidine rings is 1. The van der Waals surface area contributed by atoms with E-state index in [1.54, 1.807) is 0 Å². The van der Waals surface area contributed by atoms with Crippen molar-refractivity contribution < 1.29 is 9.28 Å². The van der Waals surface area contributed by atoms with Gasteiger partial charge in [0.15, 0.2) is 0 Å². The minimum absolute atomic E-state index is 0.322. The minimum Gasteiger partial charge on any atom is -0.319 e. The van der Waals surface area contributed by atoms with Crippen molar-refractivity contribution in [3.8, 4) is 0 Å². The molecule has 2 heteroatoms. The summed E-state index contributed by atoms with van der Waals surface area (Å²) in [6.45, 7) is 2.19. The Morgan fingerprint density at radius 2 is 1.82 bits per heavy atom. The molecule has 1 aromatic rings.